The molecule has 0 heterocycles. The molecule has 3 rings (SSSR count). The first-order chi connectivity index (χ1) is 20.0. The number of rotatable bonds is 14. The highest BCUT2D eigenvalue weighted by Gasteiger charge is 2.34. The average Bonchev–Trinajstić information content (AvgIpc) is 2.97. The van der Waals surface area contributed by atoms with Crippen molar-refractivity contribution in [2.45, 2.75) is 57.5 Å². The van der Waals surface area contributed by atoms with Gasteiger partial charge in [-0.1, -0.05) is 79.4 Å². The van der Waals surface area contributed by atoms with Crippen molar-refractivity contribution in [1.29, 1.82) is 0 Å². The molecule has 0 fully saturated rings. The van der Waals surface area contributed by atoms with Gasteiger partial charge in [0.2, 0.25) is 11.8 Å². The topological polar surface area (TPSA) is 96.0 Å². The number of amides is 2. The van der Waals surface area contributed by atoms with E-state index in [4.69, 9.17) is 27.9 Å². The second-order valence-corrected chi connectivity index (χ2v) is 12.5. The van der Waals surface area contributed by atoms with Crippen LogP contribution in [0.1, 0.15) is 44.2 Å². The van der Waals surface area contributed by atoms with E-state index in [0.29, 0.717) is 29.3 Å². The molecule has 11 heteroatoms. The fourth-order valence-electron chi connectivity index (χ4n) is 4.41. The van der Waals surface area contributed by atoms with Crippen molar-refractivity contribution in [2.75, 3.05) is 24.5 Å². The molecule has 0 aliphatic heterocycles. The molecule has 226 valence electrons. The zero-order chi connectivity index (χ0) is 30.9. The SMILES string of the molecule is CCCCNC(=O)C(CC)N(Cc1ccccc1Cl)C(=O)CN(c1ccc(OC)c(Cl)c1)S(=O)(=O)c1ccc(C)cc1. The van der Waals surface area contributed by atoms with Gasteiger partial charge in [-0.3, -0.25) is 13.9 Å². The smallest absolute Gasteiger partial charge is 0.264 e. The van der Waals surface area contributed by atoms with Crippen molar-refractivity contribution in [2.24, 2.45) is 0 Å². The Bertz CT molecular complexity index is 1480. The van der Waals surface area contributed by atoms with E-state index in [9.17, 15) is 18.0 Å². The quantitative estimate of drug-likeness (QED) is 0.212. The van der Waals surface area contributed by atoms with E-state index in [1.165, 1.54) is 42.3 Å². The van der Waals surface area contributed by atoms with E-state index in [-0.39, 0.29) is 28.1 Å². The molecular formula is C31H37Cl2N3O5S. The van der Waals surface area contributed by atoms with E-state index >= 15 is 0 Å². The lowest BCUT2D eigenvalue weighted by atomic mass is 10.1. The first-order valence-corrected chi connectivity index (χ1v) is 16.0. The summed E-state index contributed by atoms with van der Waals surface area (Å²) in [6, 6.07) is 17.0. The summed E-state index contributed by atoms with van der Waals surface area (Å²) in [5.74, 6) is -0.531. The lowest BCUT2D eigenvalue weighted by molar-refractivity contribution is -0.140. The van der Waals surface area contributed by atoms with Gasteiger partial charge in [-0.05, 0) is 61.7 Å². The second kappa shape index (κ2) is 15.3. The zero-order valence-corrected chi connectivity index (χ0v) is 26.6. The Balaban J connectivity index is 2.08. The van der Waals surface area contributed by atoms with E-state index in [1.807, 2.05) is 13.8 Å². The number of carbonyl (C=O) groups excluding carboxylic acids is 2. The van der Waals surface area contributed by atoms with Crippen LogP contribution in [0.4, 0.5) is 5.69 Å². The van der Waals surface area contributed by atoms with Crippen LogP contribution in [0.3, 0.4) is 0 Å². The Morgan fingerprint density at radius 3 is 2.26 bits per heavy atom. The minimum Gasteiger partial charge on any atom is -0.495 e. The Morgan fingerprint density at radius 2 is 1.67 bits per heavy atom. The van der Waals surface area contributed by atoms with Gasteiger partial charge < -0.3 is 15.0 Å². The number of nitrogens with zero attached hydrogens (tertiary/aromatic N) is 2. The number of aryl methyl sites for hydroxylation is 1. The number of halogens is 2. The van der Waals surface area contributed by atoms with Gasteiger partial charge >= 0.3 is 0 Å². The van der Waals surface area contributed by atoms with E-state index in [0.717, 1.165) is 22.7 Å². The van der Waals surface area contributed by atoms with Gasteiger partial charge in [0.1, 0.15) is 18.3 Å². The van der Waals surface area contributed by atoms with Crippen LogP contribution in [-0.2, 0) is 26.2 Å². The lowest BCUT2D eigenvalue weighted by Gasteiger charge is -2.33. The van der Waals surface area contributed by atoms with E-state index in [2.05, 4.69) is 5.32 Å². The standard InChI is InChI=1S/C31H37Cl2N3O5S/c1-5-7-18-34-31(38)28(6-2)35(20-23-10-8-9-11-26(23)32)30(37)21-36(24-14-17-29(41-4)27(33)19-24)42(39,40)25-15-12-22(3)13-16-25/h8-17,19,28H,5-7,18,20-21H2,1-4H3,(H,34,38). The largest absolute Gasteiger partial charge is 0.495 e. The van der Waals surface area contributed by atoms with Crippen LogP contribution in [0, 0.1) is 6.92 Å². The van der Waals surface area contributed by atoms with Gasteiger partial charge in [0.05, 0.1) is 22.7 Å². The molecule has 0 aliphatic rings. The fraction of sp³-hybridized carbons (Fsp3) is 0.355. The predicted molar refractivity (Wildman–Crippen MR) is 168 cm³/mol. The summed E-state index contributed by atoms with van der Waals surface area (Å²) < 4.78 is 34.3. The molecule has 42 heavy (non-hydrogen) atoms. The van der Waals surface area contributed by atoms with Gasteiger partial charge in [-0.15, -0.1) is 0 Å². The summed E-state index contributed by atoms with van der Waals surface area (Å²) in [5.41, 5.74) is 1.69. The minimum absolute atomic E-state index is 0.00912. The number of methoxy groups -OCH3 is 1. The summed E-state index contributed by atoms with van der Waals surface area (Å²) in [7, 11) is -2.77. The second-order valence-electron chi connectivity index (χ2n) is 9.83. The number of benzene rings is 3. The third-order valence-electron chi connectivity index (χ3n) is 6.83. The number of sulfonamides is 1. The van der Waals surface area contributed by atoms with Crippen molar-refractivity contribution in [3.63, 3.8) is 0 Å². The van der Waals surface area contributed by atoms with E-state index < -0.39 is 28.5 Å². The molecule has 8 nitrogen and oxygen atoms in total. The molecule has 3 aromatic rings. The number of ether oxygens (including phenoxy) is 1. The van der Waals surface area contributed by atoms with Crippen LogP contribution in [-0.4, -0.2) is 51.4 Å². The van der Waals surface area contributed by atoms with Crippen LogP contribution < -0.4 is 14.4 Å². The number of hydrogen-bond donors (Lipinski definition) is 1. The maximum absolute atomic E-state index is 14.2. The van der Waals surface area contributed by atoms with Crippen molar-refractivity contribution in [3.05, 3.63) is 87.9 Å². The van der Waals surface area contributed by atoms with Crippen LogP contribution in [0.15, 0.2) is 71.6 Å². The first-order valence-electron chi connectivity index (χ1n) is 13.8. The molecular weight excluding hydrogens is 597 g/mol. The molecule has 1 N–H and O–H groups in total. The van der Waals surface area contributed by atoms with Crippen molar-refractivity contribution < 1.29 is 22.7 Å². The Kier molecular flexibility index (Phi) is 12.1. The number of hydrogen-bond acceptors (Lipinski definition) is 5. The molecule has 1 atom stereocenters. The maximum Gasteiger partial charge on any atom is 0.264 e. The summed E-state index contributed by atoms with van der Waals surface area (Å²) in [6.45, 7) is 5.58. The van der Waals surface area contributed by atoms with Crippen LogP contribution >= 0.6 is 23.2 Å². The molecule has 2 amide bonds. The van der Waals surface area contributed by atoms with Gasteiger partial charge in [-0.25, -0.2) is 8.42 Å². The van der Waals surface area contributed by atoms with Gasteiger partial charge in [0.15, 0.2) is 0 Å². The number of carbonyl (C=O) groups is 2. The van der Waals surface area contributed by atoms with Crippen molar-refractivity contribution in [1.82, 2.24) is 10.2 Å². The number of nitrogens with one attached hydrogen (secondary N) is 1. The molecule has 0 saturated heterocycles. The third-order valence-corrected chi connectivity index (χ3v) is 9.28. The van der Waals surface area contributed by atoms with Gasteiger partial charge in [-0.2, -0.15) is 0 Å². The summed E-state index contributed by atoms with van der Waals surface area (Å²) in [6.07, 6.45) is 2.00. The van der Waals surface area contributed by atoms with E-state index in [1.54, 1.807) is 43.3 Å². The van der Waals surface area contributed by atoms with Crippen molar-refractivity contribution >= 4 is 50.7 Å². The summed E-state index contributed by atoms with van der Waals surface area (Å²) in [5, 5.41) is 3.52. The predicted octanol–water partition coefficient (Wildman–Crippen LogP) is 6.23. The molecule has 3 aromatic carbocycles. The Labute approximate surface area is 258 Å². The summed E-state index contributed by atoms with van der Waals surface area (Å²) >= 11 is 12.8. The molecule has 0 aliphatic carbocycles. The molecule has 0 saturated carbocycles. The third kappa shape index (κ3) is 8.18. The highest BCUT2D eigenvalue weighted by atomic mass is 35.5. The maximum atomic E-state index is 14.2. The normalized spacial score (nSPS) is 12.0. The van der Waals surface area contributed by atoms with Gasteiger partial charge in [0, 0.05) is 18.1 Å². The van der Waals surface area contributed by atoms with Gasteiger partial charge in [0.25, 0.3) is 10.0 Å². The molecule has 0 bridgehead atoms. The Hall–Kier alpha value is -3.27. The Morgan fingerprint density at radius 1 is 0.976 bits per heavy atom. The van der Waals surface area contributed by atoms with Crippen LogP contribution in [0.2, 0.25) is 10.0 Å². The highest BCUT2D eigenvalue weighted by Crippen LogP contribution is 2.32. The molecule has 0 radical (unpaired) electrons. The van der Waals surface area contributed by atoms with Crippen LogP contribution in [0.5, 0.6) is 5.75 Å². The molecule has 1 unspecified atom stereocenters. The number of unbranched alkanes of at least 4 members (excludes halogenated alkanes) is 1. The highest BCUT2D eigenvalue weighted by molar-refractivity contribution is 7.92. The lowest BCUT2D eigenvalue weighted by Crippen LogP contribution is -2.52. The van der Waals surface area contributed by atoms with Crippen LogP contribution in [0.25, 0.3) is 0 Å². The van der Waals surface area contributed by atoms with Crippen molar-refractivity contribution in [3.8, 4) is 5.75 Å². The number of anilines is 1. The summed E-state index contributed by atoms with van der Waals surface area (Å²) in [4.78, 5) is 28.9. The minimum atomic E-state index is -4.23. The monoisotopic (exact) mass is 633 g/mol. The molecule has 0 aromatic heterocycles. The first kappa shape index (κ1) is 33.2. The average molecular weight is 635 g/mol. The molecule has 0 spiro atoms. The fourth-order valence-corrected chi connectivity index (χ4v) is 6.27. The zero-order valence-electron chi connectivity index (χ0n) is 24.3.